The Morgan fingerprint density at radius 2 is 1.29 bits per heavy atom. The topological polar surface area (TPSA) is 161 Å². The van der Waals surface area contributed by atoms with Crippen molar-refractivity contribution in [1.29, 1.82) is 0 Å². The number of aryl methyl sites for hydroxylation is 3. The standard InChI is InChI=1S/C64H74N4O9S2/c1-9-51(69)23-18-40(4)78-79-64(6,7)25-24-60(71)65-41(5)56(70)27-39(3)61(72)66-48-29-42(36-76-57-33-44-19-21-49-31-46-14-10-12-16-54(46)67(49)62(73)52(44)26-38(57)2)28-43(30-48)37-77-59-34-45-20-22-50-32-47-15-11-13-17-55(47)68(50)63(74)53(45)35-58(59)75-8/h10-17,26,28-30,33-35,39-41,49-50H,9,18-25,27,31-32,36-37H2,1-8H3,(H,65,71)(H,66,72)/t39-,40?,41-,49+,50+/m0/s1. The quantitative estimate of drug-likeness (QED) is 0.0599. The predicted octanol–water partition coefficient (Wildman–Crippen LogP) is 12.3. The number of amides is 4. The molecule has 0 spiro atoms. The smallest absolute Gasteiger partial charge is 0.258 e. The number of carbonyl (C=O) groups excluding carboxylic acids is 6. The zero-order valence-corrected chi connectivity index (χ0v) is 48.5. The van der Waals surface area contributed by atoms with Crippen LogP contribution in [0.25, 0.3) is 0 Å². The van der Waals surface area contributed by atoms with Gasteiger partial charge in [-0.3, -0.25) is 28.8 Å². The van der Waals surface area contributed by atoms with Crippen molar-refractivity contribution >= 4 is 73.8 Å². The van der Waals surface area contributed by atoms with Crippen molar-refractivity contribution in [2.75, 3.05) is 22.2 Å². The minimum Gasteiger partial charge on any atom is -0.493 e. The highest BCUT2D eigenvalue weighted by Gasteiger charge is 2.39. The Morgan fingerprint density at radius 1 is 0.722 bits per heavy atom. The van der Waals surface area contributed by atoms with E-state index in [1.165, 1.54) is 11.1 Å². The van der Waals surface area contributed by atoms with Gasteiger partial charge in [0.05, 0.1) is 13.2 Å². The van der Waals surface area contributed by atoms with Crippen LogP contribution in [0.3, 0.4) is 0 Å². The molecular formula is C64H74N4O9S2. The van der Waals surface area contributed by atoms with Crippen LogP contribution in [0.1, 0.15) is 153 Å². The first kappa shape index (κ1) is 57.1. The van der Waals surface area contributed by atoms with Crippen LogP contribution < -0.4 is 34.6 Å². The average Bonchev–Trinajstić information content (AvgIpc) is 4.02. The maximum atomic E-state index is 14.2. The van der Waals surface area contributed by atoms with E-state index in [0.29, 0.717) is 65.0 Å². The van der Waals surface area contributed by atoms with Gasteiger partial charge in [0.15, 0.2) is 17.3 Å². The SMILES string of the molecule is CCC(=O)CCC(C)SSC(C)(C)CCC(=O)N[C@@H](C)C(=O)C[C@H](C)C(=O)Nc1cc(COc2cc3c(cc2C)C(=O)N2c4ccccc4C[C@H]2CC3)cc(COc2cc3c(cc2OC)C(=O)N2c4ccccc4C[C@H]2CC3)c1. The summed E-state index contributed by atoms with van der Waals surface area (Å²) in [7, 11) is 5.01. The molecule has 0 bridgehead atoms. The number of para-hydroxylation sites is 2. The largest absolute Gasteiger partial charge is 0.493 e. The molecule has 9 rings (SSSR count). The Balaban J connectivity index is 0.879. The second-order valence-corrected chi connectivity index (χ2v) is 25.8. The fourth-order valence-electron chi connectivity index (χ4n) is 11.2. The molecule has 5 atom stereocenters. The van der Waals surface area contributed by atoms with Gasteiger partial charge in [0.1, 0.15) is 24.7 Å². The van der Waals surface area contributed by atoms with Crippen LogP contribution in [0.2, 0.25) is 0 Å². The predicted molar refractivity (Wildman–Crippen MR) is 315 cm³/mol. The number of hydrogen-bond donors (Lipinski definition) is 2. The molecule has 416 valence electrons. The lowest BCUT2D eigenvalue weighted by Crippen LogP contribution is -2.40. The van der Waals surface area contributed by atoms with E-state index in [9.17, 15) is 28.8 Å². The van der Waals surface area contributed by atoms with Gasteiger partial charge in [-0.15, -0.1) is 0 Å². The maximum absolute atomic E-state index is 14.2. The molecule has 2 N–H and O–H groups in total. The molecule has 5 aromatic carbocycles. The molecule has 0 saturated carbocycles. The lowest BCUT2D eigenvalue weighted by Gasteiger charge is -2.25. The third-order valence-electron chi connectivity index (χ3n) is 15.9. The number of benzene rings is 5. The average molecular weight is 1110 g/mol. The summed E-state index contributed by atoms with van der Waals surface area (Å²) in [5.41, 5.74) is 10.2. The first-order valence-corrected chi connectivity index (χ1v) is 30.1. The third-order valence-corrected chi connectivity index (χ3v) is 19.8. The van der Waals surface area contributed by atoms with E-state index in [0.717, 1.165) is 77.7 Å². The van der Waals surface area contributed by atoms with Crippen LogP contribution in [-0.2, 0) is 58.1 Å². The monoisotopic (exact) mass is 1110 g/mol. The van der Waals surface area contributed by atoms with E-state index >= 15 is 0 Å². The number of nitrogens with one attached hydrogen (secondary N) is 2. The Kier molecular flexibility index (Phi) is 18.0. The Labute approximate surface area is 473 Å². The van der Waals surface area contributed by atoms with E-state index in [4.69, 9.17) is 14.2 Å². The Bertz CT molecular complexity index is 3160. The molecule has 5 aromatic rings. The molecule has 0 aliphatic carbocycles. The summed E-state index contributed by atoms with van der Waals surface area (Å²) >= 11 is 0. The number of hydrogen-bond acceptors (Lipinski definition) is 11. The summed E-state index contributed by atoms with van der Waals surface area (Å²) < 4.78 is 18.8. The Hall–Kier alpha value is -6.58. The van der Waals surface area contributed by atoms with Crippen molar-refractivity contribution in [3.8, 4) is 17.2 Å². The van der Waals surface area contributed by atoms with Crippen molar-refractivity contribution in [1.82, 2.24) is 5.32 Å². The second-order valence-electron chi connectivity index (χ2n) is 22.5. The first-order chi connectivity index (χ1) is 37.9. The third kappa shape index (κ3) is 13.4. The lowest BCUT2D eigenvalue weighted by atomic mass is 9.98. The van der Waals surface area contributed by atoms with Crippen molar-refractivity contribution in [3.05, 3.63) is 141 Å². The number of nitrogens with zero attached hydrogens (tertiary/aromatic N) is 2. The van der Waals surface area contributed by atoms with Crippen LogP contribution in [0.15, 0.2) is 91.0 Å². The van der Waals surface area contributed by atoms with Crippen molar-refractivity contribution < 1.29 is 43.0 Å². The zero-order valence-electron chi connectivity index (χ0n) is 46.8. The van der Waals surface area contributed by atoms with E-state index < -0.39 is 12.0 Å². The second kappa shape index (κ2) is 24.8. The van der Waals surface area contributed by atoms with E-state index in [2.05, 4.69) is 43.5 Å². The zero-order chi connectivity index (χ0) is 56.1. The molecule has 1 unspecified atom stereocenters. The van der Waals surface area contributed by atoms with Crippen molar-refractivity contribution in [2.45, 2.75) is 167 Å². The van der Waals surface area contributed by atoms with Crippen molar-refractivity contribution in [3.63, 3.8) is 0 Å². The van der Waals surface area contributed by atoms with E-state index in [1.807, 2.05) is 96.4 Å². The minimum absolute atomic E-state index is 0.00772. The van der Waals surface area contributed by atoms with Crippen LogP contribution in [0.5, 0.6) is 17.2 Å². The highest BCUT2D eigenvalue weighted by atomic mass is 33.1. The molecule has 79 heavy (non-hydrogen) atoms. The number of fused-ring (bicyclic) bond motifs is 8. The number of Topliss-reactive ketones (excluding diaryl/α,β-unsaturated/α-hetero) is 2. The highest BCUT2D eigenvalue weighted by molar-refractivity contribution is 8.77. The van der Waals surface area contributed by atoms with Gasteiger partial charge in [0.2, 0.25) is 11.8 Å². The summed E-state index contributed by atoms with van der Waals surface area (Å²) in [6, 6.07) is 28.9. The number of anilines is 3. The van der Waals surface area contributed by atoms with Gasteiger partial charge >= 0.3 is 0 Å². The molecular weight excluding hydrogens is 1030 g/mol. The van der Waals surface area contributed by atoms with Gasteiger partial charge in [-0.05, 0) is 173 Å². The fourth-order valence-corrected chi connectivity index (χ4v) is 13.9. The molecule has 4 aliphatic rings. The molecule has 0 fully saturated rings. The van der Waals surface area contributed by atoms with Crippen LogP contribution in [0.4, 0.5) is 17.1 Å². The number of methoxy groups -OCH3 is 1. The van der Waals surface area contributed by atoms with Gasteiger partial charge in [-0.2, -0.15) is 0 Å². The fraction of sp³-hybridized carbons (Fsp3) is 0.438. The van der Waals surface area contributed by atoms with Crippen LogP contribution in [0, 0.1) is 12.8 Å². The summed E-state index contributed by atoms with van der Waals surface area (Å²) in [5, 5.41) is 6.21. The Morgan fingerprint density at radius 3 is 1.89 bits per heavy atom. The highest BCUT2D eigenvalue weighted by Crippen LogP contribution is 2.44. The van der Waals surface area contributed by atoms with Gasteiger partial charge in [0, 0.05) is 81.9 Å². The lowest BCUT2D eigenvalue weighted by molar-refractivity contribution is -0.129. The van der Waals surface area contributed by atoms with Gasteiger partial charge in [-0.1, -0.05) is 78.8 Å². The molecule has 0 aromatic heterocycles. The maximum Gasteiger partial charge on any atom is 0.258 e. The normalized spacial score (nSPS) is 17.4. The summed E-state index contributed by atoms with van der Waals surface area (Å²) in [5.74, 6) is 0.229. The number of ketones is 2. The number of ether oxygens (including phenoxy) is 3. The van der Waals surface area contributed by atoms with Crippen molar-refractivity contribution in [2.24, 2.45) is 5.92 Å². The minimum atomic E-state index is -0.784. The van der Waals surface area contributed by atoms with Gasteiger partial charge in [-0.25, -0.2) is 0 Å². The van der Waals surface area contributed by atoms with E-state index in [-0.39, 0.29) is 78.1 Å². The summed E-state index contributed by atoms with van der Waals surface area (Å²) in [6.45, 7) is 13.7. The molecule has 13 nitrogen and oxygen atoms in total. The molecule has 4 amide bonds. The van der Waals surface area contributed by atoms with E-state index in [1.54, 1.807) is 48.6 Å². The summed E-state index contributed by atoms with van der Waals surface area (Å²) in [4.78, 5) is 84.6. The summed E-state index contributed by atoms with van der Waals surface area (Å²) in [6.07, 6.45) is 7.43. The molecule has 4 heterocycles. The first-order valence-electron chi connectivity index (χ1n) is 27.9. The number of rotatable bonds is 23. The molecule has 0 saturated heterocycles. The van der Waals surface area contributed by atoms with Gasteiger partial charge in [0.25, 0.3) is 11.8 Å². The molecule has 15 heteroatoms. The number of carbonyl (C=O) groups is 6. The molecule has 0 radical (unpaired) electrons. The van der Waals surface area contributed by atoms with Crippen LogP contribution >= 0.6 is 21.6 Å². The molecule has 4 aliphatic heterocycles. The van der Waals surface area contributed by atoms with Gasteiger partial charge < -0.3 is 34.6 Å². The van der Waals surface area contributed by atoms with Crippen LogP contribution in [-0.4, -0.2) is 70.4 Å².